The number of aryl methyl sites for hydroxylation is 1. The molecule has 112 valence electrons. The molecule has 21 heavy (non-hydrogen) atoms. The van der Waals surface area contributed by atoms with Crippen LogP contribution in [0.25, 0.3) is 0 Å². The molecule has 2 aromatic rings. The fourth-order valence-electron chi connectivity index (χ4n) is 2.16. The van der Waals surface area contributed by atoms with Crippen LogP contribution in [-0.4, -0.2) is 9.91 Å². The molecule has 0 aliphatic rings. The van der Waals surface area contributed by atoms with Gasteiger partial charge in [-0.25, -0.2) is 4.98 Å². The van der Waals surface area contributed by atoms with Gasteiger partial charge in [0.1, 0.15) is 5.01 Å². The van der Waals surface area contributed by atoms with Gasteiger partial charge < -0.3 is 5.32 Å². The zero-order valence-corrected chi connectivity index (χ0v) is 13.0. The highest BCUT2D eigenvalue weighted by Gasteiger charge is 2.13. The molecule has 6 heteroatoms. The minimum Gasteiger partial charge on any atom is -0.304 e. The molecule has 0 fully saturated rings. The summed E-state index contributed by atoms with van der Waals surface area (Å²) in [6.45, 7) is 4.87. The smallest absolute Gasteiger partial charge is 0.269 e. The van der Waals surface area contributed by atoms with Crippen molar-refractivity contribution in [2.75, 3.05) is 0 Å². The maximum absolute atomic E-state index is 10.9. The van der Waals surface area contributed by atoms with Crippen LogP contribution in [-0.2, 0) is 13.0 Å². The lowest BCUT2D eigenvalue weighted by Crippen LogP contribution is -2.20. The van der Waals surface area contributed by atoms with Crippen LogP contribution in [0.5, 0.6) is 0 Å². The van der Waals surface area contributed by atoms with Crippen LogP contribution >= 0.6 is 11.3 Å². The molecule has 2 rings (SSSR count). The van der Waals surface area contributed by atoms with Gasteiger partial charge in [-0.2, -0.15) is 0 Å². The van der Waals surface area contributed by atoms with E-state index in [1.807, 2.05) is 12.3 Å². The summed E-state index contributed by atoms with van der Waals surface area (Å²) < 4.78 is 0. The first kappa shape index (κ1) is 15.6. The Morgan fingerprint density at radius 3 is 2.86 bits per heavy atom. The van der Waals surface area contributed by atoms with E-state index in [4.69, 9.17) is 0 Å². The Kier molecular flexibility index (Phi) is 5.41. The van der Waals surface area contributed by atoms with E-state index in [-0.39, 0.29) is 16.7 Å². The summed E-state index contributed by atoms with van der Waals surface area (Å²) in [5.74, 6) is 0. The van der Waals surface area contributed by atoms with Crippen LogP contribution in [0.3, 0.4) is 0 Å². The van der Waals surface area contributed by atoms with Crippen LogP contribution < -0.4 is 5.32 Å². The lowest BCUT2D eigenvalue weighted by atomic mass is 10.0. The van der Waals surface area contributed by atoms with Gasteiger partial charge in [-0.15, -0.1) is 11.3 Å². The number of nitro groups is 1. The van der Waals surface area contributed by atoms with Crippen LogP contribution in [0.2, 0.25) is 0 Å². The fraction of sp³-hybridized carbons (Fsp3) is 0.400. The zero-order chi connectivity index (χ0) is 15.2. The third-order valence-corrected chi connectivity index (χ3v) is 4.48. The predicted molar refractivity (Wildman–Crippen MR) is 84.5 cm³/mol. The number of non-ortho nitro benzene ring substituents is 1. The SMILES string of the molecule is CCc1cnc(CNC(CC)c2cccc([N+](=O)[O-])c2)s1. The molecule has 1 N–H and O–H groups in total. The van der Waals surface area contributed by atoms with Crippen LogP contribution in [0.15, 0.2) is 30.5 Å². The molecule has 1 aromatic heterocycles. The minimum absolute atomic E-state index is 0.0962. The van der Waals surface area contributed by atoms with Gasteiger partial charge in [-0.1, -0.05) is 26.0 Å². The van der Waals surface area contributed by atoms with Crippen LogP contribution in [0.1, 0.15) is 41.8 Å². The summed E-state index contributed by atoms with van der Waals surface area (Å²) in [7, 11) is 0. The quantitative estimate of drug-likeness (QED) is 0.623. The van der Waals surface area contributed by atoms with E-state index in [0.717, 1.165) is 23.4 Å². The van der Waals surface area contributed by atoms with Crippen molar-refractivity contribution in [1.29, 1.82) is 0 Å². The summed E-state index contributed by atoms with van der Waals surface area (Å²) in [5, 5.41) is 15.3. The molecule has 0 aliphatic carbocycles. The normalized spacial score (nSPS) is 12.3. The molecule has 0 aliphatic heterocycles. The molecule has 1 aromatic carbocycles. The van der Waals surface area contributed by atoms with E-state index in [1.165, 1.54) is 10.9 Å². The minimum atomic E-state index is -0.357. The number of nitrogens with one attached hydrogen (secondary N) is 1. The highest BCUT2D eigenvalue weighted by molar-refractivity contribution is 7.11. The maximum Gasteiger partial charge on any atom is 0.269 e. The van der Waals surface area contributed by atoms with E-state index in [1.54, 1.807) is 23.5 Å². The van der Waals surface area contributed by atoms with Gasteiger partial charge in [0.2, 0.25) is 0 Å². The van der Waals surface area contributed by atoms with Gasteiger partial charge in [0.25, 0.3) is 5.69 Å². The van der Waals surface area contributed by atoms with Crippen molar-refractivity contribution in [3.63, 3.8) is 0 Å². The van der Waals surface area contributed by atoms with Gasteiger partial charge in [0.05, 0.1) is 4.92 Å². The first-order chi connectivity index (χ1) is 10.1. The topological polar surface area (TPSA) is 68.1 Å². The number of hydrogen-bond acceptors (Lipinski definition) is 5. The van der Waals surface area contributed by atoms with E-state index < -0.39 is 0 Å². The van der Waals surface area contributed by atoms with Gasteiger partial charge in [0, 0.05) is 35.8 Å². The van der Waals surface area contributed by atoms with E-state index in [2.05, 4.69) is 24.1 Å². The second kappa shape index (κ2) is 7.28. The Hall–Kier alpha value is -1.79. The number of benzene rings is 1. The third kappa shape index (κ3) is 4.09. The number of aromatic nitrogens is 1. The third-order valence-electron chi connectivity index (χ3n) is 3.34. The molecular weight excluding hydrogens is 286 g/mol. The summed E-state index contributed by atoms with van der Waals surface area (Å²) in [6.07, 6.45) is 3.78. The summed E-state index contributed by atoms with van der Waals surface area (Å²) >= 11 is 1.71. The van der Waals surface area contributed by atoms with Crippen molar-refractivity contribution >= 4 is 17.0 Å². The van der Waals surface area contributed by atoms with E-state index in [0.29, 0.717) is 6.54 Å². The maximum atomic E-state index is 10.9. The first-order valence-electron chi connectivity index (χ1n) is 7.05. The Bertz CT molecular complexity index is 612. The number of nitrogens with zero attached hydrogens (tertiary/aromatic N) is 2. The monoisotopic (exact) mass is 305 g/mol. The van der Waals surface area contributed by atoms with E-state index in [9.17, 15) is 10.1 Å². The largest absolute Gasteiger partial charge is 0.304 e. The number of hydrogen-bond donors (Lipinski definition) is 1. The van der Waals surface area contributed by atoms with E-state index >= 15 is 0 Å². The van der Waals surface area contributed by atoms with Crippen molar-refractivity contribution in [2.24, 2.45) is 0 Å². The molecule has 1 heterocycles. The Morgan fingerprint density at radius 2 is 2.24 bits per heavy atom. The van der Waals surface area contributed by atoms with Crippen molar-refractivity contribution in [3.8, 4) is 0 Å². The Labute approximate surface area is 128 Å². The average molecular weight is 305 g/mol. The average Bonchev–Trinajstić information content (AvgIpc) is 2.96. The zero-order valence-electron chi connectivity index (χ0n) is 12.2. The lowest BCUT2D eigenvalue weighted by Gasteiger charge is -2.16. The number of nitro benzene ring substituents is 1. The molecule has 0 radical (unpaired) electrons. The van der Waals surface area contributed by atoms with Crippen molar-refractivity contribution in [3.05, 3.63) is 56.0 Å². The van der Waals surface area contributed by atoms with Crippen LogP contribution in [0.4, 0.5) is 5.69 Å². The van der Waals surface area contributed by atoms with Crippen molar-refractivity contribution in [1.82, 2.24) is 10.3 Å². The number of rotatable bonds is 7. The van der Waals surface area contributed by atoms with Gasteiger partial charge in [-0.3, -0.25) is 10.1 Å². The second-order valence-electron chi connectivity index (χ2n) is 4.77. The van der Waals surface area contributed by atoms with Crippen LogP contribution in [0, 0.1) is 10.1 Å². The lowest BCUT2D eigenvalue weighted by molar-refractivity contribution is -0.384. The summed E-state index contributed by atoms with van der Waals surface area (Å²) in [6, 6.07) is 6.91. The highest BCUT2D eigenvalue weighted by atomic mass is 32.1. The molecule has 0 saturated carbocycles. The molecular formula is C15H19N3O2S. The predicted octanol–water partition coefficient (Wildman–Crippen LogP) is 3.85. The van der Waals surface area contributed by atoms with Crippen molar-refractivity contribution < 1.29 is 4.92 Å². The Balaban J connectivity index is 2.05. The van der Waals surface area contributed by atoms with Gasteiger partial charge in [0.15, 0.2) is 0 Å². The summed E-state index contributed by atoms with van der Waals surface area (Å²) in [5.41, 5.74) is 1.08. The van der Waals surface area contributed by atoms with Gasteiger partial charge >= 0.3 is 0 Å². The molecule has 0 bridgehead atoms. The second-order valence-corrected chi connectivity index (χ2v) is 5.97. The molecule has 1 atom stereocenters. The summed E-state index contributed by atoms with van der Waals surface area (Å²) in [4.78, 5) is 16.2. The number of thiazole rings is 1. The Morgan fingerprint density at radius 1 is 1.43 bits per heavy atom. The van der Waals surface area contributed by atoms with Gasteiger partial charge in [-0.05, 0) is 18.4 Å². The first-order valence-corrected chi connectivity index (χ1v) is 7.87. The molecule has 1 unspecified atom stereocenters. The standard InChI is InChI=1S/C15H19N3O2S/c1-3-13-9-17-15(21-13)10-16-14(4-2)11-6-5-7-12(8-11)18(19)20/h5-9,14,16H,3-4,10H2,1-2H3. The molecule has 0 saturated heterocycles. The molecule has 5 nitrogen and oxygen atoms in total. The molecule has 0 amide bonds. The molecule has 0 spiro atoms. The fourth-order valence-corrected chi connectivity index (χ4v) is 2.97. The highest BCUT2D eigenvalue weighted by Crippen LogP contribution is 2.22. The van der Waals surface area contributed by atoms with Crippen molar-refractivity contribution in [2.45, 2.75) is 39.3 Å².